The van der Waals surface area contributed by atoms with E-state index in [1.165, 1.54) is 19.3 Å². The van der Waals surface area contributed by atoms with Crippen molar-refractivity contribution in [2.45, 2.75) is 51.0 Å². The summed E-state index contributed by atoms with van der Waals surface area (Å²) in [5.41, 5.74) is 0. The minimum Gasteiger partial charge on any atom is -0.212 e. The van der Waals surface area contributed by atoms with E-state index in [-0.39, 0.29) is 0 Å². The van der Waals surface area contributed by atoms with Gasteiger partial charge in [0.15, 0.2) is 0 Å². The molecule has 2 aliphatic rings. The Morgan fingerprint density at radius 2 is 1.71 bits per heavy atom. The Kier molecular flexibility index (Phi) is 4.89. The fourth-order valence-corrected chi connectivity index (χ4v) is 5.51. The Morgan fingerprint density at radius 1 is 1.06 bits per heavy atom. The highest BCUT2D eigenvalue weighted by atomic mass is 79.9. The summed E-state index contributed by atoms with van der Waals surface area (Å²) in [7, 11) is -3.02. The van der Waals surface area contributed by atoms with Gasteiger partial charge in [0.1, 0.15) is 0 Å². The lowest BCUT2D eigenvalue weighted by atomic mass is 9.91. The molecule has 2 saturated carbocycles. The molecular weight excluding hydrogens is 302 g/mol. The zero-order valence-corrected chi connectivity index (χ0v) is 12.7. The Morgan fingerprint density at radius 3 is 2.24 bits per heavy atom. The fourth-order valence-electron chi connectivity index (χ4n) is 2.74. The van der Waals surface area contributed by atoms with Gasteiger partial charge in [-0.25, -0.2) is 8.42 Å². The van der Waals surface area contributed by atoms with Crippen LogP contribution in [0.25, 0.3) is 0 Å². The second kappa shape index (κ2) is 6.02. The third-order valence-corrected chi connectivity index (χ3v) is 6.23. The van der Waals surface area contributed by atoms with Gasteiger partial charge in [-0.3, -0.25) is 0 Å². The lowest BCUT2D eigenvalue weighted by molar-refractivity contribution is 0.367. The molecule has 5 heteroatoms. The predicted octanol–water partition coefficient (Wildman–Crippen LogP) is 2.76. The van der Waals surface area contributed by atoms with Crippen molar-refractivity contribution in [3.8, 4) is 0 Å². The number of rotatable bonds is 6. The van der Waals surface area contributed by atoms with Crippen LogP contribution in [0.4, 0.5) is 0 Å². The molecule has 0 aromatic carbocycles. The molecule has 0 aromatic heterocycles. The van der Waals surface area contributed by atoms with Crippen molar-refractivity contribution >= 4 is 26.0 Å². The van der Waals surface area contributed by atoms with Crippen molar-refractivity contribution in [1.29, 1.82) is 0 Å². The van der Waals surface area contributed by atoms with Crippen LogP contribution in [0.15, 0.2) is 0 Å². The van der Waals surface area contributed by atoms with Gasteiger partial charge in [0.25, 0.3) is 0 Å². The molecule has 0 N–H and O–H groups in total. The van der Waals surface area contributed by atoms with Gasteiger partial charge in [0, 0.05) is 17.9 Å². The summed E-state index contributed by atoms with van der Waals surface area (Å²) in [6.07, 6.45) is 8.01. The Bertz CT molecular complexity index is 334. The fraction of sp³-hybridized carbons (Fsp3) is 1.00. The maximum absolute atomic E-state index is 12.4. The van der Waals surface area contributed by atoms with Gasteiger partial charge in [-0.05, 0) is 31.6 Å². The SMILES string of the molecule is O=S(=O)(CC1CCCCC1)N(CCBr)C1CC1. The Balaban J connectivity index is 1.95. The smallest absolute Gasteiger partial charge is 0.212 e. The molecule has 0 unspecified atom stereocenters. The van der Waals surface area contributed by atoms with E-state index in [1.54, 1.807) is 4.31 Å². The first kappa shape index (κ1) is 13.8. The Hall–Kier alpha value is 0.390. The van der Waals surface area contributed by atoms with Crippen LogP contribution in [0.3, 0.4) is 0 Å². The van der Waals surface area contributed by atoms with E-state index in [4.69, 9.17) is 0 Å². The molecule has 0 saturated heterocycles. The average Bonchev–Trinajstić information content (AvgIpc) is 3.10. The average molecular weight is 324 g/mol. The van der Waals surface area contributed by atoms with Gasteiger partial charge in [-0.15, -0.1) is 0 Å². The van der Waals surface area contributed by atoms with Crippen molar-refractivity contribution in [2.24, 2.45) is 5.92 Å². The highest BCUT2D eigenvalue weighted by molar-refractivity contribution is 9.09. The van der Waals surface area contributed by atoms with Gasteiger partial charge in [0.05, 0.1) is 5.75 Å². The van der Waals surface area contributed by atoms with Crippen LogP contribution in [-0.4, -0.2) is 36.4 Å². The van der Waals surface area contributed by atoms with E-state index in [9.17, 15) is 8.42 Å². The zero-order chi connectivity index (χ0) is 12.3. The van der Waals surface area contributed by atoms with E-state index < -0.39 is 10.0 Å². The summed E-state index contributed by atoms with van der Waals surface area (Å²) in [5, 5.41) is 0.743. The minimum atomic E-state index is -3.02. The molecule has 0 spiro atoms. The van der Waals surface area contributed by atoms with Crippen LogP contribution < -0.4 is 0 Å². The number of halogens is 1. The first-order valence-electron chi connectivity index (χ1n) is 6.69. The summed E-state index contributed by atoms with van der Waals surface area (Å²) in [4.78, 5) is 0. The number of nitrogens with zero attached hydrogens (tertiary/aromatic N) is 1. The highest BCUT2D eigenvalue weighted by Crippen LogP contribution is 2.32. The van der Waals surface area contributed by atoms with E-state index in [2.05, 4.69) is 15.9 Å². The van der Waals surface area contributed by atoms with Crippen molar-refractivity contribution in [3.63, 3.8) is 0 Å². The monoisotopic (exact) mass is 323 g/mol. The summed E-state index contributed by atoms with van der Waals surface area (Å²) >= 11 is 3.36. The molecule has 0 aromatic rings. The molecular formula is C12H22BrNO2S. The largest absolute Gasteiger partial charge is 0.214 e. The second-order valence-corrected chi connectivity index (χ2v) is 8.07. The predicted molar refractivity (Wildman–Crippen MR) is 73.9 cm³/mol. The van der Waals surface area contributed by atoms with Crippen LogP contribution in [0.1, 0.15) is 44.9 Å². The van der Waals surface area contributed by atoms with E-state index in [1.807, 2.05) is 0 Å². The van der Waals surface area contributed by atoms with E-state index in [0.717, 1.165) is 31.0 Å². The second-order valence-electron chi connectivity index (χ2n) is 5.31. The van der Waals surface area contributed by atoms with Crippen molar-refractivity contribution < 1.29 is 8.42 Å². The third-order valence-electron chi connectivity index (χ3n) is 3.79. The molecule has 3 nitrogen and oxygen atoms in total. The number of sulfonamides is 1. The topological polar surface area (TPSA) is 37.4 Å². The van der Waals surface area contributed by atoms with Gasteiger partial charge in [-0.2, -0.15) is 4.31 Å². The molecule has 0 amide bonds. The maximum Gasteiger partial charge on any atom is 0.214 e. The quantitative estimate of drug-likeness (QED) is 0.705. The molecule has 0 bridgehead atoms. The molecule has 0 aliphatic heterocycles. The van der Waals surface area contributed by atoms with Gasteiger partial charge in [-0.1, -0.05) is 35.2 Å². The summed E-state index contributed by atoms with van der Waals surface area (Å²) < 4.78 is 26.5. The first-order chi connectivity index (χ1) is 8.13. The Labute approximate surface area is 113 Å². The van der Waals surface area contributed by atoms with Crippen LogP contribution in [0.5, 0.6) is 0 Å². The first-order valence-corrected chi connectivity index (χ1v) is 9.42. The van der Waals surface area contributed by atoms with Crippen LogP contribution in [0.2, 0.25) is 0 Å². The maximum atomic E-state index is 12.4. The van der Waals surface area contributed by atoms with Crippen LogP contribution >= 0.6 is 15.9 Å². The van der Waals surface area contributed by atoms with Crippen LogP contribution in [-0.2, 0) is 10.0 Å². The molecule has 100 valence electrons. The molecule has 0 radical (unpaired) electrons. The van der Waals surface area contributed by atoms with Crippen molar-refractivity contribution in [2.75, 3.05) is 17.6 Å². The number of hydrogen-bond donors (Lipinski definition) is 0. The standard InChI is InChI=1S/C12H22BrNO2S/c13-8-9-14(12-6-7-12)17(15,16)10-11-4-2-1-3-5-11/h11-12H,1-10H2. The van der Waals surface area contributed by atoms with Gasteiger partial charge >= 0.3 is 0 Å². The van der Waals surface area contributed by atoms with E-state index >= 15 is 0 Å². The highest BCUT2D eigenvalue weighted by Gasteiger charge is 2.37. The number of alkyl halides is 1. The minimum absolute atomic E-state index is 0.307. The lowest BCUT2D eigenvalue weighted by Gasteiger charge is -2.26. The molecule has 17 heavy (non-hydrogen) atoms. The molecule has 0 heterocycles. The zero-order valence-electron chi connectivity index (χ0n) is 10.3. The van der Waals surface area contributed by atoms with Gasteiger partial charge in [0.2, 0.25) is 10.0 Å². The summed E-state index contributed by atoms with van der Waals surface area (Å²) in [6.45, 7) is 0.639. The van der Waals surface area contributed by atoms with Gasteiger partial charge < -0.3 is 0 Å². The normalized spacial score (nSPS) is 23.2. The third kappa shape index (κ3) is 3.93. The summed E-state index contributed by atoms with van der Waals surface area (Å²) in [6, 6.07) is 0.307. The lowest BCUT2D eigenvalue weighted by Crippen LogP contribution is -2.38. The van der Waals surface area contributed by atoms with Crippen molar-refractivity contribution in [3.05, 3.63) is 0 Å². The van der Waals surface area contributed by atoms with Crippen LogP contribution in [0, 0.1) is 5.92 Å². The molecule has 0 atom stereocenters. The molecule has 2 fully saturated rings. The van der Waals surface area contributed by atoms with Crippen molar-refractivity contribution in [1.82, 2.24) is 4.31 Å². The summed E-state index contributed by atoms with van der Waals surface area (Å²) in [5.74, 6) is 0.793. The van der Waals surface area contributed by atoms with E-state index in [0.29, 0.717) is 24.3 Å². The molecule has 2 aliphatic carbocycles. The number of hydrogen-bond acceptors (Lipinski definition) is 2. The molecule has 2 rings (SSSR count).